The van der Waals surface area contributed by atoms with Gasteiger partial charge in [0.25, 0.3) is 0 Å². The lowest BCUT2D eigenvalue weighted by Crippen LogP contribution is -2.11. The van der Waals surface area contributed by atoms with Crippen LogP contribution in [0.25, 0.3) is 0 Å². The molecule has 0 aliphatic rings. The zero-order valence-corrected chi connectivity index (χ0v) is 8.66. The molecule has 1 atom stereocenters. The fourth-order valence-electron chi connectivity index (χ4n) is 1.11. The van der Waals surface area contributed by atoms with E-state index in [2.05, 4.69) is 5.10 Å². The Balaban J connectivity index is 2.54. The molecule has 1 rings (SSSR count). The van der Waals surface area contributed by atoms with E-state index in [1.165, 1.54) is 16.9 Å². The number of hydrogen-bond donors (Lipinski definition) is 1. The quantitative estimate of drug-likeness (QED) is 0.770. The van der Waals surface area contributed by atoms with E-state index in [-0.39, 0.29) is 5.69 Å². The third-order valence-corrected chi connectivity index (χ3v) is 2.60. The van der Waals surface area contributed by atoms with Crippen LogP contribution in [0, 0.1) is 0 Å². The van der Waals surface area contributed by atoms with Gasteiger partial charge in [-0.05, 0) is 12.5 Å². The van der Waals surface area contributed by atoms with Gasteiger partial charge >= 0.3 is 5.97 Å². The number of rotatable bonds is 5. The van der Waals surface area contributed by atoms with Crippen LogP contribution in [0.3, 0.4) is 0 Å². The largest absolute Gasteiger partial charge is 0.477 e. The summed E-state index contributed by atoms with van der Waals surface area (Å²) < 4.78 is 12.2. The Labute approximate surface area is 84.2 Å². The SMILES string of the molecule is CS(=O)CCCn1nccc1C(=O)O. The van der Waals surface area contributed by atoms with E-state index in [0.29, 0.717) is 18.7 Å². The number of aryl methyl sites for hydroxylation is 1. The maximum Gasteiger partial charge on any atom is 0.354 e. The molecule has 0 saturated carbocycles. The van der Waals surface area contributed by atoms with Gasteiger partial charge in [-0.1, -0.05) is 0 Å². The van der Waals surface area contributed by atoms with Crippen molar-refractivity contribution in [2.75, 3.05) is 12.0 Å². The van der Waals surface area contributed by atoms with Crippen molar-refractivity contribution in [1.82, 2.24) is 9.78 Å². The Morgan fingerprint density at radius 1 is 1.71 bits per heavy atom. The van der Waals surface area contributed by atoms with Crippen LogP contribution >= 0.6 is 0 Å². The van der Waals surface area contributed by atoms with E-state index in [9.17, 15) is 9.00 Å². The smallest absolute Gasteiger partial charge is 0.354 e. The fraction of sp³-hybridized carbons (Fsp3) is 0.500. The van der Waals surface area contributed by atoms with Crippen LogP contribution in [0.1, 0.15) is 16.9 Å². The molecule has 0 amide bonds. The van der Waals surface area contributed by atoms with Crippen LogP contribution in [0.4, 0.5) is 0 Å². The number of aromatic nitrogens is 2. The summed E-state index contributed by atoms with van der Waals surface area (Å²) in [6, 6.07) is 1.45. The predicted molar refractivity (Wildman–Crippen MR) is 52.7 cm³/mol. The van der Waals surface area contributed by atoms with Crippen LogP contribution in [-0.4, -0.2) is 37.1 Å². The van der Waals surface area contributed by atoms with Crippen molar-refractivity contribution in [3.05, 3.63) is 18.0 Å². The van der Waals surface area contributed by atoms with Crippen molar-refractivity contribution in [2.45, 2.75) is 13.0 Å². The highest BCUT2D eigenvalue weighted by atomic mass is 32.2. The summed E-state index contributed by atoms with van der Waals surface area (Å²) in [5, 5.41) is 12.6. The molecule has 0 aromatic carbocycles. The van der Waals surface area contributed by atoms with Crippen LogP contribution in [0.2, 0.25) is 0 Å². The molecule has 0 radical (unpaired) electrons. The second-order valence-corrected chi connectivity index (χ2v) is 4.43. The van der Waals surface area contributed by atoms with E-state index < -0.39 is 16.8 Å². The van der Waals surface area contributed by atoms with Crippen molar-refractivity contribution in [3.8, 4) is 0 Å². The van der Waals surface area contributed by atoms with Gasteiger partial charge in [0.15, 0.2) is 0 Å². The molecule has 1 heterocycles. The molecule has 78 valence electrons. The maximum atomic E-state index is 10.8. The highest BCUT2D eigenvalue weighted by Crippen LogP contribution is 2.00. The first-order valence-electron chi connectivity index (χ1n) is 4.16. The molecule has 0 saturated heterocycles. The van der Waals surface area contributed by atoms with Crippen molar-refractivity contribution in [1.29, 1.82) is 0 Å². The third-order valence-electron chi connectivity index (χ3n) is 1.74. The first kappa shape index (κ1) is 10.9. The van der Waals surface area contributed by atoms with E-state index in [4.69, 9.17) is 5.11 Å². The van der Waals surface area contributed by atoms with Crippen molar-refractivity contribution in [2.24, 2.45) is 0 Å². The summed E-state index contributed by atoms with van der Waals surface area (Å²) in [4.78, 5) is 10.7. The van der Waals surface area contributed by atoms with Crippen LogP contribution < -0.4 is 0 Å². The first-order valence-corrected chi connectivity index (χ1v) is 5.89. The number of carboxylic acids is 1. The van der Waals surface area contributed by atoms with Gasteiger partial charge in [0.2, 0.25) is 0 Å². The number of carbonyl (C=O) groups is 1. The van der Waals surface area contributed by atoms with Gasteiger partial charge in [0.05, 0.1) is 0 Å². The van der Waals surface area contributed by atoms with Crippen molar-refractivity contribution in [3.63, 3.8) is 0 Å². The summed E-state index contributed by atoms with van der Waals surface area (Å²) in [6.45, 7) is 0.494. The Morgan fingerprint density at radius 2 is 2.43 bits per heavy atom. The number of carboxylic acid groups (broad SMARTS) is 1. The maximum absolute atomic E-state index is 10.8. The molecule has 1 unspecified atom stereocenters. The van der Waals surface area contributed by atoms with E-state index in [1.54, 1.807) is 6.26 Å². The molecule has 1 aromatic heterocycles. The first-order chi connectivity index (χ1) is 6.61. The monoisotopic (exact) mass is 216 g/mol. The van der Waals surface area contributed by atoms with Gasteiger partial charge in [0, 0.05) is 35.5 Å². The summed E-state index contributed by atoms with van der Waals surface area (Å²) in [5.74, 6) is -0.418. The predicted octanol–water partition coefficient (Wildman–Crippen LogP) is 0.350. The summed E-state index contributed by atoms with van der Waals surface area (Å²) in [6.07, 6.45) is 3.75. The molecule has 6 heteroatoms. The van der Waals surface area contributed by atoms with E-state index >= 15 is 0 Å². The topological polar surface area (TPSA) is 72.2 Å². The lowest BCUT2D eigenvalue weighted by Gasteiger charge is -2.02. The fourth-order valence-corrected chi connectivity index (χ4v) is 1.65. The molecular formula is C8H12N2O3S. The molecule has 0 spiro atoms. The number of aromatic carboxylic acids is 1. The van der Waals surface area contributed by atoms with Gasteiger partial charge in [0.1, 0.15) is 5.69 Å². The summed E-state index contributed by atoms with van der Waals surface area (Å²) in [5.41, 5.74) is 0.173. The van der Waals surface area contributed by atoms with Crippen LogP contribution in [0.5, 0.6) is 0 Å². The minimum absolute atomic E-state index is 0.173. The number of hydrogen-bond acceptors (Lipinski definition) is 3. The van der Waals surface area contributed by atoms with Gasteiger partial charge in [-0.3, -0.25) is 8.89 Å². The van der Waals surface area contributed by atoms with Gasteiger partial charge in [-0.25, -0.2) is 4.79 Å². The Hall–Kier alpha value is -1.17. The Morgan fingerprint density at radius 3 is 3.00 bits per heavy atom. The second kappa shape index (κ2) is 4.90. The molecular weight excluding hydrogens is 204 g/mol. The highest BCUT2D eigenvalue weighted by Gasteiger charge is 2.09. The Bertz CT molecular complexity index is 348. The summed E-state index contributed by atoms with van der Waals surface area (Å²) in [7, 11) is -0.833. The lowest BCUT2D eigenvalue weighted by molar-refractivity contribution is 0.0683. The standard InChI is InChI=1S/C8H12N2O3S/c1-14(13)6-2-5-10-7(8(11)12)3-4-9-10/h3-4H,2,5-6H2,1H3,(H,11,12). The molecule has 0 aliphatic heterocycles. The summed E-state index contributed by atoms with van der Waals surface area (Å²) >= 11 is 0. The van der Waals surface area contributed by atoms with Gasteiger partial charge < -0.3 is 5.11 Å². The van der Waals surface area contributed by atoms with Crippen LogP contribution in [-0.2, 0) is 17.3 Å². The molecule has 0 bridgehead atoms. The second-order valence-electron chi connectivity index (χ2n) is 2.88. The van der Waals surface area contributed by atoms with Gasteiger partial charge in [-0.2, -0.15) is 5.10 Å². The average molecular weight is 216 g/mol. The van der Waals surface area contributed by atoms with Gasteiger partial charge in [-0.15, -0.1) is 0 Å². The molecule has 0 aliphatic carbocycles. The van der Waals surface area contributed by atoms with Crippen molar-refractivity contribution >= 4 is 16.8 Å². The average Bonchev–Trinajstić information content (AvgIpc) is 2.51. The van der Waals surface area contributed by atoms with E-state index in [1.807, 2.05) is 0 Å². The Kier molecular flexibility index (Phi) is 3.82. The minimum Gasteiger partial charge on any atom is -0.477 e. The molecule has 5 nitrogen and oxygen atoms in total. The zero-order valence-electron chi connectivity index (χ0n) is 7.84. The molecule has 1 N–H and O–H groups in total. The van der Waals surface area contributed by atoms with Crippen molar-refractivity contribution < 1.29 is 14.1 Å². The highest BCUT2D eigenvalue weighted by molar-refractivity contribution is 7.84. The third kappa shape index (κ3) is 2.95. The molecule has 0 fully saturated rings. The minimum atomic E-state index is -0.986. The zero-order chi connectivity index (χ0) is 10.6. The lowest BCUT2D eigenvalue weighted by atomic mass is 10.4. The molecule has 1 aromatic rings. The number of nitrogens with zero attached hydrogens (tertiary/aromatic N) is 2. The van der Waals surface area contributed by atoms with Crippen LogP contribution in [0.15, 0.2) is 12.3 Å². The normalized spacial score (nSPS) is 12.6. The molecule has 14 heavy (non-hydrogen) atoms. The van der Waals surface area contributed by atoms with E-state index in [0.717, 1.165) is 0 Å².